The number of allylic oxidation sites excluding steroid dienone is 1. The van der Waals surface area contributed by atoms with Gasteiger partial charge in [-0.2, -0.15) is 11.8 Å². The Hall–Kier alpha value is -0.720. The van der Waals surface area contributed by atoms with Gasteiger partial charge in [0.05, 0.1) is 25.9 Å². The van der Waals surface area contributed by atoms with Crippen LogP contribution in [-0.4, -0.2) is 66.9 Å². The Morgan fingerprint density at radius 1 is 1.03 bits per heavy atom. The lowest BCUT2D eigenvalue weighted by atomic mass is 9.87. The fourth-order valence-corrected chi connectivity index (χ4v) is 6.47. The van der Waals surface area contributed by atoms with Gasteiger partial charge in [-0.15, -0.1) is 0 Å². The van der Waals surface area contributed by atoms with Gasteiger partial charge in [-0.1, -0.05) is 12.8 Å². The predicted octanol–water partition coefficient (Wildman–Crippen LogP) is 4.41. The van der Waals surface area contributed by atoms with E-state index in [2.05, 4.69) is 16.7 Å². The van der Waals surface area contributed by atoms with Crippen LogP contribution in [0.5, 0.6) is 0 Å². The molecule has 5 nitrogen and oxygen atoms in total. The van der Waals surface area contributed by atoms with Gasteiger partial charge in [-0.3, -0.25) is 4.90 Å². The number of ether oxygens (including phenoxy) is 3. The molecule has 0 N–H and O–H groups in total. The molecule has 3 fully saturated rings. The number of esters is 1. The monoisotopic (exact) mass is 425 g/mol. The van der Waals surface area contributed by atoms with E-state index in [0.717, 1.165) is 50.1 Å². The molecule has 6 heteroatoms. The highest BCUT2D eigenvalue weighted by Crippen LogP contribution is 2.35. The molecule has 0 spiro atoms. The summed E-state index contributed by atoms with van der Waals surface area (Å²) >= 11 is 2.19. The summed E-state index contributed by atoms with van der Waals surface area (Å²) in [6.07, 6.45) is 12.1. The number of thioether (sulfide) groups is 1. The summed E-state index contributed by atoms with van der Waals surface area (Å²) in [6.45, 7) is 7.74. The first-order valence-corrected chi connectivity index (χ1v) is 12.7. The molecule has 0 bridgehead atoms. The van der Waals surface area contributed by atoms with Crippen molar-refractivity contribution in [2.45, 2.75) is 82.6 Å². The van der Waals surface area contributed by atoms with E-state index in [1.165, 1.54) is 38.0 Å². The molecule has 1 aliphatic heterocycles. The van der Waals surface area contributed by atoms with Crippen LogP contribution in [-0.2, 0) is 19.0 Å². The van der Waals surface area contributed by atoms with Crippen LogP contribution in [0.3, 0.4) is 0 Å². The molecular formula is C23H39NO4S. The second kappa shape index (κ2) is 12.2. The van der Waals surface area contributed by atoms with Gasteiger partial charge < -0.3 is 14.2 Å². The number of carbonyl (C=O) groups excluding carboxylic acids is 1. The highest BCUT2D eigenvalue weighted by atomic mass is 32.2. The molecule has 166 valence electrons. The second-order valence-corrected chi connectivity index (χ2v) is 9.74. The number of nitrogens with zero attached hydrogens (tertiary/aromatic N) is 1. The van der Waals surface area contributed by atoms with Gasteiger partial charge in [0.25, 0.3) is 0 Å². The van der Waals surface area contributed by atoms with Gasteiger partial charge >= 0.3 is 5.97 Å². The van der Waals surface area contributed by atoms with Crippen LogP contribution in [0.15, 0.2) is 11.8 Å². The summed E-state index contributed by atoms with van der Waals surface area (Å²) in [5, 5.41) is 0.860. The third kappa shape index (κ3) is 6.90. The second-order valence-electron chi connectivity index (χ2n) is 8.39. The maximum atomic E-state index is 12.0. The lowest BCUT2D eigenvalue weighted by Crippen LogP contribution is -2.50. The molecule has 2 atom stereocenters. The van der Waals surface area contributed by atoms with Crippen molar-refractivity contribution < 1.29 is 19.0 Å². The average Bonchev–Trinajstić information content (AvgIpc) is 2.75. The summed E-state index contributed by atoms with van der Waals surface area (Å²) in [7, 11) is 0. The Morgan fingerprint density at radius 3 is 2.55 bits per heavy atom. The predicted molar refractivity (Wildman–Crippen MR) is 118 cm³/mol. The molecule has 2 aliphatic carbocycles. The van der Waals surface area contributed by atoms with Gasteiger partial charge in [0.15, 0.2) is 0 Å². The summed E-state index contributed by atoms with van der Waals surface area (Å²) in [5.41, 5.74) is 0. The van der Waals surface area contributed by atoms with E-state index in [1.54, 1.807) is 0 Å². The zero-order valence-electron chi connectivity index (χ0n) is 18.3. The summed E-state index contributed by atoms with van der Waals surface area (Å²) in [4.78, 5) is 14.7. The van der Waals surface area contributed by atoms with Crippen molar-refractivity contribution >= 4 is 17.7 Å². The highest BCUT2D eigenvalue weighted by Gasteiger charge is 2.33. The van der Waals surface area contributed by atoms with Gasteiger partial charge in [0.1, 0.15) is 0 Å². The summed E-state index contributed by atoms with van der Waals surface area (Å²) < 4.78 is 16.9. The molecular weight excluding hydrogens is 386 g/mol. The third-order valence-electron chi connectivity index (χ3n) is 6.46. The minimum Gasteiger partial charge on any atom is -0.487 e. The van der Waals surface area contributed by atoms with Crippen LogP contribution >= 0.6 is 11.8 Å². The molecule has 0 aromatic carbocycles. The molecule has 29 heavy (non-hydrogen) atoms. The Balaban J connectivity index is 1.38. The van der Waals surface area contributed by atoms with Crippen molar-refractivity contribution in [3.8, 4) is 0 Å². The maximum Gasteiger partial charge on any atom is 0.373 e. The fraction of sp³-hybridized carbons (Fsp3) is 0.870. The first-order valence-electron chi connectivity index (χ1n) is 11.7. The molecule has 0 amide bonds. The Bertz CT molecular complexity index is 531. The number of hydrogen-bond acceptors (Lipinski definition) is 6. The molecule has 1 saturated heterocycles. The standard InChI is InChI=1S/C23H39NO4S/c1-3-26-21(23(25)27-4-2)17-18-9-11-19(12-10-18)28-15-13-24-14-16-29-22-8-6-5-7-20(22)24/h17-20,22H,3-16H2,1-2H3/b21-17-. The van der Waals surface area contributed by atoms with Crippen molar-refractivity contribution in [1.29, 1.82) is 0 Å². The minimum absolute atomic E-state index is 0.339. The van der Waals surface area contributed by atoms with Gasteiger partial charge in [0, 0.05) is 30.1 Å². The Morgan fingerprint density at radius 2 is 1.79 bits per heavy atom. The van der Waals surface area contributed by atoms with Gasteiger partial charge in [0.2, 0.25) is 5.76 Å². The topological polar surface area (TPSA) is 48.0 Å². The number of fused-ring (bicyclic) bond motifs is 1. The Kier molecular flexibility index (Phi) is 9.67. The lowest BCUT2D eigenvalue weighted by molar-refractivity contribution is -0.142. The SMILES string of the molecule is CCOC(=O)/C(=C/C1CCC(OCCN2CCSC3CCCCC32)CC1)OCC. The van der Waals surface area contributed by atoms with E-state index in [-0.39, 0.29) is 5.97 Å². The first-order chi connectivity index (χ1) is 14.2. The lowest BCUT2D eigenvalue weighted by Gasteiger charge is -2.43. The van der Waals surface area contributed by atoms with Gasteiger partial charge in [-0.05, 0) is 64.4 Å². The zero-order chi connectivity index (χ0) is 20.5. The van der Waals surface area contributed by atoms with E-state index >= 15 is 0 Å². The molecule has 0 radical (unpaired) electrons. The van der Waals surface area contributed by atoms with E-state index in [9.17, 15) is 4.79 Å². The summed E-state index contributed by atoms with van der Waals surface area (Å²) in [6, 6.07) is 0.784. The van der Waals surface area contributed by atoms with Crippen molar-refractivity contribution in [2.75, 3.05) is 38.7 Å². The smallest absolute Gasteiger partial charge is 0.373 e. The van der Waals surface area contributed by atoms with Crippen molar-refractivity contribution in [3.05, 3.63) is 11.8 Å². The number of carbonyl (C=O) groups is 1. The van der Waals surface area contributed by atoms with E-state index in [4.69, 9.17) is 14.2 Å². The van der Waals surface area contributed by atoms with Crippen LogP contribution in [0.2, 0.25) is 0 Å². The number of hydrogen-bond donors (Lipinski definition) is 0. The fourth-order valence-electron chi connectivity index (χ4n) is 4.96. The Labute approximate surface area is 180 Å². The summed E-state index contributed by atoms with van der Waals surface area (Å²) in [5.74, 6) is 1.70. The first kappa shape index (κ1) is 23.0. The normalized spacial score (nSPS) is 31.2. The van der Waals surface area contributed by atoms with Crippen LogP contribution in [0, 0.1) is 5.92 Å². The molecule has 2 saturated carbocycles. The molecule has 1 heterocycles. The third-order valence-corrected chi connectivity index (χ3v) is 7.86. The molecule has 0 aromatic rings. The van der Waals surface area contributed by atoms with Crippen molar-refractivity contribution in [3.63, 3.8) is 0 Å². The quantitative estimate of drug-likeness (QED) is 0.310. The molecule has 0 aromatic heterocycles. The minimum atomic E-state index is -0.339. The highest BCUT2D eigenvalue weighted by molar-refractivity contribution is 8.00. The van der Waals surface area contributed by atoms with Crippen LogP contribution in [0.1, 0.15) is 65.2 Å². The molecule has 2 unspecified atom stereocenters. The van der Waals surface area contributed by atoms with E-state index < -0.39 is 0 Å². The number of rotatable bonds is 9. The largest absolute Gasteiger partial charge is 0.487 e. The van der Waals surface area contributed by atoms with Crippen LogP contribution in [0.4, 0.5) is 0 Å². The van der Waals surface area contributed by atoms with Crippen LogP contribution < -0.4 is 0 Å². The van der Waals surface area contributed by atoms with E-state index in [1.807, 2.05) is 19.9 Å². The van der Waals surface area contributed by atoms with Crippen LogP contribution in [0.25, 0.3) is 0 Å². The molecule has 3 aliphatic rings. The van der Waals surface area contributed by atoms with E-state index in [0.29, 0.717) is 31.0 Å². The maximum absolute atomic E-state index is 12.0. The zero-order valence-corrected chi connectivity index (χ0v) is 19.1. The van der Waals surface area contributed by atoms with Gasteiger partial charge in [-0.25, -0.2) is 4.79 Å². The van der Waals surface area contributed by atoms with Crippen molar-refractivity contribution in [2.24, 2.45) is 5.92 Å². The average molecular weight is 426 g/mol. The molecule has 3 rings (SSSR count). The van der Waals surface area contributed by atoms with Crippen molar-refractivity contribution in [1.82, 2.24) is 4.90 Å².